The molecule has 2 unspecified atom stereocenters. The van der Waals surface area contributed by atoms with Crippen molar-refractivity contribution < 1.29 is 46.3 Å². The van der Waals surface area contributed by atoms with Gasteiger partial charge in [0.05, 0.1) is 34.4 Å². The van der Waals surface area contributed by atoms with Gasteiger partial charge in [-0.15, -0.1) is 0 Å². The second-order valence-electron chi connectivity index (χ2n) is 11.7. The number of rotatable bonds is 14. The zero-order chi connectivity index (χ0) is 37.7. The van der Waals surface area contributed by atoms with Crippen molar-refractivity contribution in [3.8, 4) is 0 Å². The van der Waals surface area contributed by atoms with Crippen molar-refractivity contribution >= 4 is 43.3 Å². The van der Waals surface area contributed by atoms with Crippen LogP contribution in [-0.4, -0.2) is 149 Å². The molecule has 18 nitrogen and oxygen atoms in total. The van der Waals surface area contributed by atoms with Crippen LogP contribution in [0.25, 0.3) is 0 Å². The fourth-order valence-electron chi connectivity index (χ4n) is 4.94. The summed E-state index contributed by atoms with van der Waals surface area (Å²) in [5.74, 6) is -0.831. The SMILES string of the molecule is COCCN(C)S(=O)(=O)c1ccc(C2=NN(C)C(=O)C2(C)NO)cc1.COCCN(C)S(=O)(=O)c1ccc(C2=NN(C)C(=O)C2(C)NO)cc1. The average Bonchev–Trinajstić information content (AvgIpc) is 3.49. The predicted octanol–water partition coefficient (Wildman–Crippen LogP) is -0.266. The van der Waals surface area contributed by atoms with Gasteiger partial charge >= 0.3 is 0 Å². The van der Waals surface area contributed by atoms with Crippen LogP contribution < -0.4 is 11.0 Å². The van der Waals surface area contributed by atoms with Gasteiger partial charge in [0.1, 0.15) is 0 Å². The van der Waals surface area contributed by atoms with E-state index in [1.165, 1.54) is 89.1 Å². The normalized spacial score (nSPS) is 21.1. The molecule has 4 rings (SSSR count). The molecule has 20 heteroatoms. The number of sulfonamides is 2. The van der Waals surface area contributed by atoms with E-state index in [2.05, 4.69) is 10.2 Å². The van der Waals surface area contributed by atoms with Crippen LogP contribution in [0, 0.1) is 0 Å². The zero-order valence-electron chi connectivity index (χ0n) is 29.1. The number of amides is 2. The topological polar surface area (TPSA) is 223 Å². The lowest BCUT2D eigenvalue weighted by molar-refractivity contribution is -0.135. The van der Waals surface area contributed by atoms with Crippen molar-refractivity contribution in [1.29, 1.82) is 0 Å². The van der Waals surface area contributed by atoms with E-state index in [1.807, 2.05) is 11.0 Å². The summed E-state index contributed by atoms with van der Waals surface area (Å²) in [6.07, 6.45) is 0. The Bertz CT molecular complexity index is 1690. The van der Waals surface area contributed by atoms with E-state index in [4.69, 9.17) is 9.47 Å². The summed E-state index contributed by atoms with van der Waals surface area (Å²) in [7, 11) is 1.64. The van der Waals surface area contributed by atoms with Crippen LogP contribution in [0.2, 0.25) is 0 Å². The van der Waals surface area contributed by atoms with E-state index in [0.717, 1.165) is 10.0 Å². The maximum absolute atomic E-state index is 12.5. The maximum Gasteiger partial charge on any atom is 0.270 e. The lowest BCUT2D eigenvalue weighted by Crippen LogP contribution is -2.53. The Labute approximate surface area is 291 Å². The summed E-state index contributed by atoms with van der Waals surface area (Å²) in [5.41, 5.74) is 2.88. The summed E-state index contributed by atoms with van der Waals surface area (Å²) in [5, 5.41) is 29.3. The fourth-order valence-corrected chi connectivity index (χ4v) is 7.25. The van der Waals surface area contributed by atoms with Gasteiger partial charge in [-0.05, 0) is 38.1 Å². The van der Waals surface area contributed by atoms with Crippen molar-refractivity contribution in [3.63, 3.8) is 0 Å². The number of carbonyl (C=O) groups excluding carboxylic acids is 2. The first kappa shape index (κ1) is 40.7. The fraction of sp³-hybridized carbons (Fsp3) is 0.467. The molecule has 0 spiro atoms. The number of nitrogens with one attached hydrogen (secondary N) is 2. The van der Waals surface area contributed by atoms with Gasteiger partial charge in [-0.1, -0.05) is 24.3 Å². The largest absolute Gasteiger partial charge is 0.383 e. The number of hydrazone groups is 2. The molecular formula is C30H44N8O10S2. The smallest absolute Gasteiger partial charge is 0.270 e. The molecule has 2 aromatic carbocycles. The second kappa shape index (κ2) is 16.1. The highest BCUT2D eigenvalue weighted by Crippen LogP contribution is 2.26. The second-order valence-corrected chi connectivity index (χ2v) is 15.8. The molecule has 0 saturated heterocycles. The van der Waals surface area contributed by atoms with Gasteiger partial charge in [-0.3, -0.25) is 9.59 Å². The Hall–Kier alpha value is -3.70. The molecule has 2 aliphatic heterocycles. The number of hydroxylamine groups is 2. The van der Waals surface area contributed by atoms with Crippen LogP contribution in [0.5, 0.6) is 0 Å². The molecule has 4 N–H and O–H groups in total. The molecule has 0 bridgehead atoms. The molecule has 2 amide bonds. The Morgan fingerprint density at radius 2 is 0.980 bits per heavy atom. The number of likely N-dealkylation sites (N-methyl/N-ethyl adjacent to an activating group) is 4. The number of hydrogen-bond acceptors (Lipinski definition) is 14. The monoisotopic (exact) mass is 740 g/mol. The number of benzene rings is 2. The van der Waals surface area contributed by atoms with E-state index >= 15 is 0 Å². The van der Waals surface area contributed by atoms with Crippen LogP contribution in [0.1, 0.15) is 25.0 Å². The predicted molar refractivity (Wildman–Crippen MR) is 182 cm³/mol. The van der Waals surface area contributed by atoms with Crippen molar-refractivity contribution in [2.24, 2.45) is 10.2 Å². The van der Waals surface area contributed by atoms with Crippen molar-refractivity contribution in [3.05, 3.63) is 59.7 Å². The Kier molecular flexibility index (Phi) is 13.1. The minimum atomic E-state index is -3.64. The van der Waals surface area contributed by atoms with Crippen LogP contribution in [-0.2, 0) is 39.1 Å². The third-order valence-electron chi connectivity index (χ3n) is 8.23. The standard InChI is InChI=1S/2C15H22N4O5S/c2*1-15(17-21)13(16-19(3)14(15)20)11-5-7-12(8-6-11)25(22,23)18(2)9-10-24-4/h2*5-8,17,21H,9-10H2,1-4H3. The molecule has 2 atom stereocenters. The number of hydrogen-bond donors (Lipinski definition) is 4. The first-order valence-corrected chi connectivity index (χ1v) is 17.9. The molecule has 0 saturated carbocycles. The summed E-state index contributed by atoms with van der Waals surface area (Å²) in [6, 6.07) is 12.0. The number of carbonyl (C=O) groups is 2. The highest BCUT2D eigenvalue weighted by molar-refractivity contribution is 7.89. The van der Waals surface area contributed by atoms with E-state index < -0.39 is 42.9 Å². The Morgan fingerprint density at radius 3 is 1.24 bits per heavy atom. The third-order valence-corrected chi connectivity index (χ3v) is 12.0. The highest BCUT2D eigenvalue weighted by Gasteiger charge is 2.47. The average molecular weight is 741 g/mol. The van der Waals surface area contributed by atoms with Crippen molar-refractivity contribution in [2.75, 3.05) is 68.7 Å². The maximum atomic E-state index is 12.5. The summed E-state index contributed by atoms with van der Waals surface area (Å²) in [6.45, 7) is 4.05. The summed E-state index contributed by atoms with van der Waals surface area (Å²) in [4.78, 5) is 24.5. The zero-order valence-corrected chi connectivity index (χ0v) is 30.7. The number of ether oxygens (including phenoxy) is 2. The minimum Gasteiger partial charge on any atom is -0.383 e. The van der Waals surface area contributed by atoms with Gasteiger partial charge in [-0.2, -0.15) is 29.8 Å². The summed E-state index contributed by atoms with van der Waals surface area (Å²) >= 11 is 0. The molecule has 2 heterocycles. The van der Waals surface area contributed by atoms with Crippen LogP contribution in [0.3, 0.4) is 0 Å². The molecule has 0 aromatic heterocycles. The molecule has 0 radical (unpaired) electrons. The quantitative estimate of drug-likeness (QED) is 0.184. The lowest BCUT2D eigenvalue weighted by Gasteiger charge is -2.22. The minimum absolute atomic E-state index is 0.117. The lowest BCUT2D eigenvalue weighted by atomic mass is 9.91. The molecular weight excluding hydrogens is 697 g/mol. The van der Waals surface area contributed by atoms with Gasteiger partial charge < -0.3 is 19.9 Å². The van der Waals surface area contributed by atoms with E-state index in [0.29, 0.717) is 35.8 Å². The van der Waals surface area contributed by atoms with Crippen LogP contribution in [0.15, 0.2) is 68.5 Å². The van der Waals surface area contributed by atoms with Crippen LogP contribution in [0.4, 0.5) is 0 Å². The number of nitrogens with zero attached hydrogens (tertiary/aromatic N) is 6. The van der Waals surface area contributed by atoms with Crippen LogP contribution >= 0.6 is 0 Å². The Balaban J connectivity index is 0.000000270. The Morgan fingerprint density at radius 1 is 0.680 bits per heavy atom. The molecule has 50 heavy (non-hydrogen) atoms. The molecule has 0 aliphatic carbocycles. The first-order valence-electron chi connectivity index (χ1n) is 15.0. The van der Waals surface area contributed by atoms with Gasteiger partial charge in [0.2, 0.25) is 20.0 Å². The first-order chi connectivity index (χ1) is 23.4. The third kappa shape index (κ3) is 7.94. The molecule has 276 valence electrons. The number of methoxy groups -OCH3 is 2. The highest BCUT2D eigenvalue weighted by atomic mass is 32.2. The summed E-state index contributed by atoms with van der Waals surface area (Å²) < 4.78 is 62.1. The van der Waals surface area contributed by atoms with Gasteiger partial charge in [0.15, 0.2) is 11.1 Å². The van der Waals surface area contributed by atoms with Gasteiger partial charge in [-0.25, -0.2) is 26.9 Å². The van der Waals surface area contributed by atoms with Gasteiger partial charge in [0.25, 0.3) is 11.8 Å². The molecule has 2 aliphatic rings. The van der Waals surface area contributed by atoms with E-state index in [1.54, 1.807) is 24.3 Å². The van der Waals surface area contributed by atoms with Gasteiger partial charge in [0, 0.05) is 66.6 Å². The molecule has 2 aromatic rings. The van der Waals surface area contributed by atoms with E-state index in [-0.39, 0.29) is 22.9 Å². The van der Waals surface area contributed by atoms with Crippen molar-refractivity contribution in [2.45, 2.75) is 34.7 Å². The van der Waals surface area contributed by atoms with Crippen molar-refractivity contribution in [1.82, 2.24) is 29.6 Å². The van der Waals surface area contributed by atoms with E-state index in [9.17, 15) is 36.8 Å². The molecule has 0 fully saturated rings.